The van der Waals surface area contributed by atoms with Crippen molar-refractivity contribution in [1.82, 2.24) is 10.3 Å². The van der Waals surface area contributed by atoms with Crippen molar-refractivity contribution in [3.63, 3.8) is 0 Å². The van der Waals surface area contributed by atoms with Gasteiger partial charge < -0.3 is 5.32 Å². The molecule has 0 aliphatic carbocycles. The number of aryl methyl sites for hydroxylation is 1. The molecule has 2 nitrogen and oxygen atoms in total. The van der Waals surface area contributed by atoms with E-state index in [0.29, 0.717) is 5.92 Å². The Labute approximate surface area is 95.7 Å². The van der Waals surface area contributed by atoms with Crippen LogP contribution in [0.2, 0.25) is 0 Å². The smallest absolute Gasteiger partial charge is 0.0451 e. The highest BCUT2D eigenvalue weighted by Crippen LogP contribution is 2.26. The van der Waals surface area contributed by atoms with E-state index >= 15 is 0 Å². The average molecular weight is 212 g/mol. The third-order valence-electron chi connectivity index (χ3n) is 3.52. The first-order valence-corrected chi connectivity index (χ1v) is 5.90. The molecule has 1 aliphatic heterocycles. The standard InChI is InChI=1S/C14H16N2/c1-10-14-8-12(13-4-6-15-9-13)3-2-11(14)5-7-16-10/h2-3,5,7-8,13,15H,4,6,9H2,1H3. The summed E-state index contributed by atoms with van der Waals surface area (Å²) >= 11 is 0. The summed E-state index contributed by atoms with van der Waals surface area (Å²) in [6.45, 7) is 4.35. The van der Waals surface area contributed by atoms with E-state index in [0.717, 1.165) is 18.8 Å². The van der Waals surface area contributed by atoms with Gasteiger partial charge in [-0.2, -0.15) is 0 Å². The molecule has 2 heteroatoms. The minimum atomic E-state index is 0.684. The van der Waals surface area contributed by atoms with Crippen LogP contribution in [-0.4, -0.2) is 18.1 Å². The lowest BCUT2D eigenvalue weighted by molar-refractivity contribution is 0.764. The molecule has 16 heavy (non-hydrogen) atoms. The first kappa shape index (κ1) is 9.79. The Morgan fingerprint density at radius 1 is 1.31 bits per heavy atom. The van der Waals surface area contributed by atoms with Gasteiger partial charge in [-0.25, -0.2) is 0 Å². The van der Waals surface area contributed by atoms with Gasteiger partial charge in [-0.15, -0.1) is 0 Å². The number of rotatable bonds is 1. The number of fused-ring (bicyclic) bond motifs is 1. The largest absolute Gasteiger partial charge is 0.316 e. The zero-order chi connectivity index (χ0) is 11.0. The van der Waals surface area contributed by atoms with Gasteiger partial charge in [0.15, 0.2) is 0 Å². The van der Waals surface area contributed by atoms with Crippen molar-refractivity contribution in [1.29, 1.82) is 0 Å². The number of pyridine rings is 1. The molecule has 0 saturated carbocycles. The van der Waals surface area contributed by atoms with Gasteiger partial charge in [-0.05, 0) is 48.9 Å². The van der Waals surface area contributed by atoms with Gasteiger partial charge in [0.05, 0.1) is 0 Å². The average Bonchev–Trinajstić information content (AvgIpc) is 2.83. The minimum Gasteiger partial charge on any atom is -0.316 e. The van der Waals surface area contributed by atoms with Crippen molar-refractivity contribution in [2.75, 3.05) is 13.1 Å². The van der Waals surface area contributed by atoms with E-state index in [1.54, 1.807) is 0 Å². The minimum absolute atomic E-state index is 0.684. The predicted octanol–water partition coefficient (Wildman–Crippen LogP) is 2.62. The summed E-state index contributed by atoms with van der Waals surface area (Å²) in [4.78, 5) is 4.36. The molecule has 1 atom stereocenters. The maximum atomic E-state index is 4.36. The zero-order valence-corrected chi connectivity index (χ0v) is 9.53. The highest BCUT2D eigenvalue weighted by molar-refractivity contribution is 5.84. The lowest BCUT2D eigenvalue weighted by Gasteiger charge is -2.10. The molecular weight excluding hydrogens is 196 g/mol. The Hall–Kier alpha value is -1.41. The van der Waals surface area contributed by atoms with Crippen molar-refractivity contribution in [2.24, 2.45) is 0 Å². The van der Waals surface area contributed by atoms with Crippen LogP contribution in [0.15, 0.2) is 30.5 Å². The third-order valence-corrected chi connectivity index (χ3v) is 3.52. The monoisotopic (exact) mass is 212 g/mol. The van der Waals surface area contributed by atoms with Crippen molar-refractivity contribution in [2.45, 2.75) is 19.3 Å². The van der Waals surface area contributed by atoms with Crippen molar-refractivity contribution < 1.29 is 0 Å². The predicted molar refractivity (Wildman–Crippen MR) is 66.7 cm³/mol. The molecule has 3 rings (SSSR count). The van der Waals surface area contributed by atoms with E-state index in [2.05, 4.69) is 41.5 Å². The Morgan fingerprint density at radius 2 is 2.25 bits per heavy atom. The number of nitrogens with one attached hydrogen (secondary N) is 1. The summed E-state index contributed by atoms with van der Waals surface area (Å²) in [5.74, 6) is 0.684. The van der Waals surface area contributed by atoms with E-state index in [1.807, 2.05) is 6.20 Å². The first-order valence-electron chi connectivity index (χ1n) is 5.90. The van der Waals surface area contributed by atoms with Gasteiger partial charge in [0, 0.05) is 23.8 Å². The summed E-state index contributed by atoms with van der Waals surface area (Å²) in [7, 11) is 0. The van der Waals surface area contributed by atoms with Crippen LogP contribution in [0.5, 0.6) is 0 Å². The van der Waals surface area contributed by atoms with Gasteiger partial charge in [-0.1, -0.05) is 12.1 Å². The molecule has 0 amide bonds. The molecule has 82 valence electrons. The Bertz CT molecular complexity index is 513. The van der Waals surface area contributed by atoms with E-state index in [1.165, 1.54) is 22.8 Å². The fraction of sp³-hybridized carbons (Fsp3) is 0.357. The van der Waals surface area contributed by atoms with Gasteiger partial charge in [-0.3, -0.25) is 4.98 Å². The molecule has 1 aliphatic rings. The SMILES string of the molecule is Cc1nccc2ccc(C3CCNC3)cc12. The number of nitrogens with zero attached hydrogens (tertiary/aromatic N) is 1. The second kappa shape index (κ2) is 3.87. The molecule has 1 aromatic heterocycles. The lowest BCUT2D eigenvalue weighted by atomic mass is 9.95. The first-order chi connectivity index (χ1) is 7.84. The van der Waals surface area contributed by atoms with Crippen molar-refractivity contribution in [3.8, 4) is 0 Å². The van der Waals surface area contributed by atoms with E-state index < -0.39 is 0 Å². The fourth-order valence-electron chi connectivity index (χ4n) is 2.52. The number of hydrogen-bond acceptors (Lipinski definition) is 2. The van der Waals surface area contributed by atoms with E-state index in [9.17, 15) is 0 Å². The number of hydrogen-bond donors (Lipinski definition) is 1. The topological polar surface area (TPSA) is 24.9 Å². The molecular formula is C14H16N2. The van der Waals surface area contributed by atoms with Gasteiger partial charge in [0.1, 0.15) is 0 Å². The molecule has 1 saturated heterocycles. The molecule has 1 N–H and O–H groups in total. The molecule has 0 bridgehead atoms. The van der Waals surface area contributed by atoms with Crippen LogP contribution in [0, 0.1) is 6.92 Å². The molecule has 1 aromatic carbocycles. The highest BCUT2D eigenvalue weighted by atomic mass is 14.9. The van der Waals surface area contributed by atoms with E-state index in [-0.39, 0.29) is 0 Å². The van der Waals surface area contributed by atoms with Crippen molar-refractivity contribution in [3.05, 3.63) is 41.7 Å². The third kappa shape index (κ3) is 1.59. The molecule has 2 aromatic rings. The maximum absolute atomic E-state index is 4.36. The fourth-order valence-corrected chi connectivity index (χ4v) is 2.52. The molecule has 2 heterocycles. The van der Waals surface area contributed by atoms with Crippen LogP contribution in [0.1, 0.15) is 23.6 Å². The normalized spacial score (nSPS) is 20.4. The van der Waals surface area contributed by atoms with Crippen molar-refractivity contribution >= 4 is 10.8 Å². The summed E-state index contributed by atoms with van der Waals surface area (Å²) in [6.07, 6.45) is 3.14. The molecule has 1 unspecified atom stereocenters. The summed E-state index contributed by atoms with van der Waals surface area (Å²) in [6, 6.07) is 8.88. The number of benzene rings is 1. The van der Waals surface area contributed by atoms with Crippen LogP contribution in [-0.2, 0) is 0 Å². The highest BCUT2D eigenvalue weighted by Gasteiger charge is 2.16. The Morgan fingerprint density at radius 3 is 3.06 bits per heavy atom. The quantitative estimate of drug-likeness (QED) is 0.786. The summed E-state index contributed by atoms with van der Waals surface area (Å²) in [5.41, 5.74) is 2.58. The second-order valence-corrected chi connectivity index (χ2v) is 4.57. The second-order valence-electron chi connectivity index (χ2n) is 4.57. The Balaban J connectivity index is 2.10. The van der Waals surface area contributed by atoms with Crippen LogP contribution in [0.25, 0.3) is 10.8 Å². The zero-order valence-electron chi connectivity index (χ0n) is 9.53. The van der Waals surface area contributed by atoms with Crippen LogP contribution in [0.4, 0.5) is 0 Å². The Kier molecular flexibility index (Phi) is 2.37. The summed E-state index contributed by atoms with van der Waals surface area (Å²) in [5, 5.41) is 6.01. The maximum Gasteiger partial charge on any atom is 0.0451 e. The summed E-state index contributed by atoms with van der Waals surface area (Å²) < 4.78 is 0. The van der Waals surface area contributed by atoms with Crippen LogP contribution >= 0.6 is 0 Å². The molecule has 0 radical (unpaired) electrons. The molecule has 1 fully saturated rings. The van der Waals surface area contributed by atoms with Gasteiger partial charge in [0.25, 0.3) is 0 Å². The van der Waals surface area contributed by atoms with Crippen LogP contribution in [0.3, 0.4) is 0 Å². The van der Waals surface area contributed by atoms with Crippen LogP contribution < -0.4 is 5.32 Å². The number of aromatic nitrogens is 1. The van der Waals surface area contributed by atoms with E-state index in [4.69, 9.17) is 0 Å². The van der Waals surface area contributed by atoms with Gasteiger partial charge >= 0.3 is 0 Å². The molecule has 0 spiro atoms. The lowest BCUT2D eigenvalue weighted by Crippen LogP contribution is -2.07. The van der Waals surface area contributed by atoms with Gasteiger partial charge in [0.2, 0.25) is 0 Å².